The first-order valence-corrected chi connectivity index (χ1v) is 8.65. The van der Waals surface area contributed by atoms with Crippen molar-refractivity contribution in [3.8, 4) is 6.07 Å². The van der Waals surface area contributed by atoms with Gasteiger partial charge in [-0.1, -0.05) is 18.2 Å². The maximum Gasteiger partial charge on any atom is 0.237 e. The van der Waals surface area contributed by atoms with Gasteiger partial charge < -0.3 is 4.90 Å². The summed E-state index contributed by atoms with van der Waals surface area (Å²) in [4.78, 5) is 18.2. The van der Waals surface area contributed by atoms with Crippen LogP contribution in [0.5, 0.6) is 0 Å². The Hall–Kier alpha value is -1.97. The molecule has 0 radical (unpaired) electrons. The second-order valence-corrected chi connectivity index (χ2v) is 7.13. The van der Waals surface area contributed by atoms with Crippen molar-refractivity contribution in [3.05, 3.63) is 35.6 Å². The van der Waals surface area contributed by atoms with Gasteiger partial charge in [0, 0.05) is 44.8 Å². The third kappa shape index (κ3) is 4.56. The summed E-state index contributed by atoms with van der Waals surface area (Å²) >= 11 is 0. The number of benzene rings is 1. The molecular formula is C19H27FN4O. The molecule has 1 aliphatic rings. The Morgan fingerprint density at radius 2 is 1.92 bits per heavy atom. The number of amides is 1. The number of hydrogen-bond donors (Lipinski definition) is 0. The molecule has 2 rings (SSSR count). The number of nitriles is 1. The number of likely N-dealkylation sites (N-methyl/N-ethyl adjacent to an activating group) is 1. The molecule has 1 atom stereocenters. The summed E-state index contributed by atoms with van der Waals surface area (Å²) in [6.45, 7) is 8.88. The summed E-state index contributed by atoms with van der Waals surface area (Å²) in [5, 5.41) is 9.15. The van der Waals surface area contributed by atoms with Gasteiger partial charge in [-0.25, -0.2) is 4.39 Å². The van der Waals surface area contributed by atoms with Crippen LogP contribution in [0.1, 0.15) is 32.4 Å². The first-order valence-electron chi connectivity index (χ1n) is 8.65. The van der Waals surface area contributed by atoms with Crippen molar-refractivity contribution in [1.29, 1.82) is 5.26 Å². The van der Waals surface area contributed by atoms with Gasteiger partial charge in [0.2, 0.25) is 5.91 Å². The van der Waals surface area contributed by atoms with Crippen LogP contribution in [0.4, 0.5) is 4.39 Å². The Balaban J connectivity index is 1.89. The lowest BCUT2D eigenvalue weighted by atomic mass is 10.1. The molecule has 0 bridgehead atoms. The van der Waals surface area contributed by atoms with E-state index in [4.69, 9.17) is 5.26 Å². The van der Waals surface area contributed by atoms with Crippen molar-refractivity contribution in [3.63, 3.8) is 0 Å². The van der Waals surface area contributed by atoms with Crippen molar-refractivity contribution < 1.29 is 9.18 Å². The molecule has 0 unspecified atom stereocenters. The van der Waals surface area contributed by atoms with Crippen LogP contribution in [0.3, 0.4) is 0 Å². The Morgan fingerprint density at radius 1 is 1.32 bits per heavy atom. The van der Waals surface area contributed by atoms with E-state index in [0.717, 1.165) is 26.2 Å². The molecule has 0 saturated carbocycles. The zero-order valence-electron chi connectivity index (χ0n) is 15.5. The molecule has 1 aromatic rings. The molecule has 25 heavy (non-hydrogen) atoms. The van der Waals surface area contributed by atoms with E-state index in [-0.39, 0.29) is 17.8 Å². The first-order chi connectivity index (χ1) is 11.8. The Labute approximate surface area is 149 Å². The van der Waals surface area contributed by atoms with E-state index in [0.29, 0.717) is 12.1 Å². The molecule has 5 nitrogen and oxygen atoms in total. The molecule has 1 amide bonds. The molecule has 1 aromatic carbocycles. The maximum absolute atomic E-state index is 14.0. The average Bonchev–Trinajstić information content (AvgIpc) is 2.61. The van der Waals surface area contributed by atoms with Crippen LogP contribution >= 0.6 is 0 Å². The lowest BCUT2D eigenvalue weighted by molar-refractivity contribution is -0.134. The summed E-state index contributed by atoms with van der Waals surface area (Å²) in [5.41, 5.74) is -0.0966. The van der Waals surface area contributed by atoms with Crippen molar-refractivity contribution >= 4 is 5.91 Å². The second-order valence-electron chi connectivity index (χ2n) is 7.13. The highest BCUT2D eigenvalue weighted by atomic mass is 19.1. The van der Waals surface area contributed by atoms with Crippen LogP contribution in [0, 0.1) is 17.1 Å². The van der Waals surface area contributed by atoms with Crippen molar-refractivity contribution in [1.82, 2.24) is 14.7 Å². The fourth-order valence-electron chi connectivity index (χ4n) is 3.00. The zero-order chi connectivity index (χ0) is 18.6. The van der Waals surface area contributed by atoms with Crippen LogP contribution in [0.2, 0.25) is 0 Å². The molecule has 1 heterocycles. The third-order valence-corrected chi connectivity index (χ3v) is 5.16. The molecule has 1 saturated heterocycles. The minimum absolute atomic E-state index is 0.0132. The van der Waals surface area contributed by atoms with Crippen LogP contribution in [-0.2, 0) is 4.79 Å². The average molecular weight is 346 g/mol. The summed E-state index contributed by atoms with van der Waals surface area (Å²) in [7, 11) is 1.67. The van der Waals surface area contributed by atoms with Gasteiger partial charge in [0.15, 0.2) is 0 Å². The normalized spacial score (nSPS) is 17.8. The number of rotatable bonds is 5. The zero-order valence-corrected chi connectivity index (χ0v) is 15.5. The molecule has 0 aliphatic carbocycles. The van der Waals surface area contributed by atoms with Crippen LogP contribution < -0.4 is 0 Å². The van der Waals surface area contributed by atoms with Gasteiger partial charge in [-0.15, -0.1) is 0 Å². The number of piperazine rings is 1. The van der Waals surface area contributed by atoms with Crippen molar-refractivity contribution in [2.75, 3.05) is 39.8 Å². The molecule has 136 valence electrons. The van der Waals surface area contributed by atoms with E-state index in [1.807, 2.05) is 19.1 Å². The summed E-state index contributed by atoms with van der Waals surface area (Å²) in [6, 6.07) is 9.04. The largest absolute Gasteiger partial charge is 0.326 e. The minimum Gasteiger partial charge on any atom is -0.326 e. The number of hydrogen-bond acceptors (Lipinski definition) is 4. The lowest BCUT2D eigenvalue weighted by Crippen LogP contribution is -2.52. The summed E-state index contributed by atoms with van der Waals surface area (Å²) < 4.78 is 14.0. The predicted molar refractivity (Wildman–Crippen MR) is 95.3 cm³/mol. The molecule has 1 aliphatic heterocycles. The highest BCUT2D eigenvalue weighted by Gasteiger charge is 2.30. The van der Waals surface area contributed by atoms with Gasteiger partial charge in [0.25, 0.3) is 0 Å². The van der Waals surface area contributed by atoms with E-state index in [2.05, 4.69) is 15.9 Å². The third-order valence-electron chi connectivity index (χ3n) is 5.16. The van der Waals surface area contributed by atoms with Gasteiger partial charge in [0.05, 0.1) is 12.6 Å². The molecular weight excluding hydrogens is 319 g/mol. The monoisotopic (exact) mass is 346 g/mol. The van der Waals surface area contributed by atoms with Gasteiger partial charge >= 0.3 is 0 Å². The molecule has 1 fully saturated rings. The summed E-state index contributed by atoms with van der Waals surface area (Å²) in [5.74, 6) is -0.227. The minimum atomic E-state index is -0.807. The van der Waals surface area contributed by atoms with Gasteiger partial charge in [-0.05, 0) is 26.8 Å². The predicted octanol–water partition coefficient (Wildman–Crippen LogP) is 2.26. The number of carbonyl (C=O) groups excluding carboxylic acids is 1. The number of halogens is 1. The Kier molecular flexibility index (Phi) is 6.15. The molecule has 0 N–H and O–H groups in total. The first kappa shape index (κ1) is 19.4. The maximum atomic E-state index is 14.0. The fraction of sp³-hybridized carbons (Fsp3) is 0.579. The lowest BCUT2D eigenvalue weighted by Gasteiger charge is -2.39. The van der Waals surface area contributed by atoms with Crippen LogP contribution in [0.25, 0.3) is 0 Å². The second kappa shape index (κ2) is 7.94. The molecule has 6 heteroatoms. The topological polar surface area (TPSA) is 50.6 Å². The Morgan fingerprint density at radius 3 is 2.48 bits per heavy atom. The van der Waals surface area contributed by atoms with Crippen LogP contribution in [-0.4, -0.2) is 65.9 Å². The van der Waals surface area contributed by atoms with E-state index in [9.17, 15) is 9.18 Å². The highest BCUT2D eigenvalue weighted by molar-refractivity contribution is 5.79. The van der Waals surface area contributed by atoms with E-state index >= 15 is 0 Å². The highest BCUT2D eigenvalue weighted by Crippen LogP contribution is 2.24. The smallest absolute Gasteiger partial charge is 0.237 e. The summed E-state index contributed by atoms with van der Waals surface area (Å²) in [6.07, 6.45) is 0. The SMILES string of the molecule is C[C@H](c1ccccc1F)N1CCN(CC(=O)N(C)C(C)(C)C#N)CC1. The Bertz CT molecular complexity index is 647. The van der Waals surface area contributed by atoms with Crippen molar-refractivity contribution in [2.45, 2.75) is 32.4 Å². The van der Waals surface area contributed by atoms with Gasteiger partial charge in [-0.2, -0.15) is 5.26 Å². The van der Waals surface area contributed by atoms with E-state index < -0.39 is 5.54 Å². The van der Waals surface area contributed by atoms with Gasteiger partial charge in [0.1, 0.15) is 11.4 Å². The van der Waals surface area contributed by atoms with E-state index in [1.165, 1.54) is 11.0 Å². The van der Waals surface area contributed by atoms with Crippen molar-refractivity contribution in [2.24, 2.45) is 0 Å². The molecule has 0 spiro atoms. The number of nitrogens with zero attached hydrogens (tertiary/aromatic N) is 4. The van der Waals surface area contributed by atoms with E-state index in [1.54, 1.807) is 27.0 Å². The number of carbonyl (C=O) groups is 1. The molecule has 0 aromatic heterocycles. The van der Waals surface area contributed by atoms with Gasteiger partial charge in [-0.3, -0.25) is 14.6 Å². The standard InChI is InChI=1S/C19H27FN4O/c1-15(16-7-5-6-8-17(16)20)24-11-9-23(10-12-24)13-18(25)22(4)19(2,3)14-21/h5-8,15H,9-13H2,1-4H3/t15-/m1/s1. The fourth-order valence-corrected chi connectivity index (χ4v) is 3.00. The van der Waals surface area contributed by atoms with Crippen LogP contribution in [0.15, 0.2) is 24.3 Å². The quantitative estimate of drug-likeness (QED) is 0.821.